The molecule has 2 aliphatic heterocycles. The van der Waals surface area contributed by atoms with E-state index in [-0.39, 0.29) is 11.5 Å². The van der Waals surface area contributed by atoms with Crippen LogP contribution >= 0.6 is 11.6 Å². The second-order valence-electron chi connectivity index (χ2n) is 12.0. The van der Waals surface area contributed by atoms with Crippen LogP contribution < -0.4 is 14.8 Å². The van der Waals surface area contributed by atoms with Gasteiger partial charge in [0.25, 0.3) is 5.91 Å². The molecule has 2 aliphatic carbocycles. The van der Waals surface area contributed by atoms with Gasteiger partial charge in [0.2, 0.25) is 10.2 Å². The van der Waals surface area contributed by atoms with Gasteiger partial charge in [0.05, 0.1) is 24.5 Å². The third-order valence-corrected chi connectivity index (χ3v) is 10.5. The molecule has 2 heterocycles. The molecule has 1 spiro atoms. The lowest BCUT2D eigenvalue weighted by Crippen LogP contribution is -2.49. The number of aryl methyl sites for hydroxylation is 1. The van der Waals surface area contributed by atoms with Gasteiger partial charge in [-0.2, -0.15) is 0 Å². The summed E-state index contributed by atoms with van der Waals surface area (Å²) >= 11 is 6.40. The SMILES string of the molecule is CO[C@H]1/C=C/C[C@H](C)OS(N)(=O)=NC(=O)c2ccc3c(c2)N(C[C@@H]2CC[C@H]21)C[C@@]1(CCCc2cc(Cl)ccc21)CO3. The van der Waals surface area contributed by atoms with Crippen molar-refractivity contribution in [2.45, 2.75) is 63.1 Å². The van der Waals surface area contributed by atoms with Crippen molar-refractivity contribution in [3.8, 4) is 5.75 Å². The molecule has 10 heteroatoms. The minimum absolute atomic E-state index is 0.0390. The Morgan fingerprint density at radius 3 is 2.85 bits per heavy atom. The van der Waals surface area contributed by atoms with Gasteiger partial charge in [-0.05, 0) is 98.7 Å². The van der Waals surface area contributed by atoms with E-state index in [1.165, 1.54) is 11.1 Å². The van der Waals surface area contributed by atoms with Gasteiger partial charge in [0, 0.05) is 36.2 Å². The van der Waals surface area contributed by atoms with E-state index in [0.717, 1.165) is 61.7 Å². The highest BCUT2D eigenvalue weighted by molar-refractivity contribution is 7.87. The van der Waals surface area contributed by atoms with Gasteiger partial charge in [-0.15, -0.1) is 4.36 Å². The van der Waals surface area contributed by atoms with Crippen molar-refractivity contribution in [3.63, 3.8) is 0 Å². The van der Waals surface area contributed by atoms with Crippen molar-refractivity contribution in [2.24, 2.45) is 21.3 Å². The Bertz CT molecular complexity index is 1490. The Morgan fingerprint density at radius 2 is 2.07 bits per heavy atom. The van der Waals surface area contributed by atoms with Crippen molar-refractivity contribution >= 4 is 33.4 Å². The number of ether oxygens (including phenoxy) is 2. The van der Waals surface area contributed by atoms with E-state index in [1.54, 1.807) is 26.2 Å². The average molecular weight is 600 g/mol. The van der Waals surface area contributed by atoms with Crippen molar-refractivity contribution in [1.29, 1.82) is 0 Å². The van der Waals surface area contributed by atoms with Gasteiger partial charge < -0.3 is 14.4 Å². The summed E-state index contributed by atoms with van der Waals surface area (Å²) in [4.78, 5) is 15.6. The number of rotatable bonds is 1. The number of halogens is 1. The second kappa shape index (κ2) is 11.3. The van der Waals surface area contributed by atoms with Gasteiger partial charge in [-0.3, -0.25) is 8.98 Å². The fourth-order valence-electron chi connectivity index (χ4n) is 7.05. The summed E-state index contributed by atoms with van der Waals surface area (Å²) in [5.41, 5.74) is 3.48. The maximum Gasteiger partial charge on any atom is 0.287 e. The molecule has 1 unspecified atom stereocenters. The summed E-state index contributed by atoms with van der Waals surface area (Å²) in [6.07, 6.45) is 9.24. The number of carbonyl (C=O) groups excluding carboxylic acids is 1. The summed E-state index contributed by atoms with van der Waals surface area (Å²) in [5, 5.41) is 6.62. The third-order valence-electron chi connectivity index (χ3n) is 9.22. The Morgan fingerprint density at radius 1 is 1.22 bits per heavy atom. The number of fused-ring (bicyclic) bond motifs is 4. The zero-order valence-electron chi connectivity index (χ0n) is 23.6. The largest absolute Gasteiger partial charge is 0.490 e. The van der Waals surface area contributed by atoms with Gasteiger partial charge in [-0.25, -0.2) is 9.35 Å². The standard InChI is InChI=1S/C31H38ClN3O5S/c1-20-5-3-7-28(38-2)25-11-8-23(25)17-35-18-31(14-4-6-21-15-24(32)10-12-26(21)31)19-39-29-13-9-22(16-27(29)35)30(36)34-41(33,37)40-20/h3,7,9-10,12-13,15-16,20,23,25,28H,4-6,8,11,14,17-19H2,1-2H3,(H2,33,34,36,37)/b7-3+/t20-,23-,25+,28-,31-,41?/m0/s1. The molecular weight excluding hydrogens is 562 g/mol. The molecule has 2 aromatic rings. The second-order valence-corrected chi connectivity index (χ2v) is 13.8. The summed E-state index contributed by atoms with van der Waals surface area (Å²) in [6.45, 7) is 3.84. The van der Waals surface area contributed by atoms with Crippen molar-refractivity contribution in [1.82, 2.24) is 0 Å². The van der Waals surface area contributed by atoms with Crippen LogP contribution in [0.4, 0.5) is 5.69 Å². The Balaban J connectivity index is 1.44. The van der Waals surface area contributed by atoms with E-state index in [9.17, 15) is 9.00 Å². The quantitative estimate of drug-likeness (QED) is 0.427. The molecule has 6 atom stereocenters. The first-order chi connectivity index (χ1) is 19.7. The Labute approximate surface area is 247 Å². The molecule has 2 bridgehead atoms. The fraction of sp³-hybridized carbons (Fsp3) is 0.516. The molecular formula is C31H38ClN3O5S. The molecule has 2 aromatic carbocycles. The highest BCUT2D eigenvalue weighted by atomic mass is 35.5. The van der Waals surface area contributed by atoms with Gasteiger partial charge in [-0.1, -0.05) is 29.8 Å². The predicted octanol–water partition coefficient (Wildman–Crippen LogP) is 5.62. The van der Waals surface area contributed by atoms with Gasteiger partial charge in [0.15, 0.2) is 0 Å². The molecule has 0 aromatic heterocycles. The number of amides is 1. The van der Waals surface area contributed by atoms with Crippen LogP contribution in [0.2, 0.25) is 5.02 Å². The van der Waals surface area contributed by atoms with Crippen LogP contribution in [0, 0.1) is 11.8 Å². The van der Waals surface area contributed by atoms with E-state index < -0.39 is 22.2 Å². The molecule has 0 saturated heterocycles. The van der Waals surface area contributed by atoms with E-state index >= 15 is 0 Å². The first-order valence-electron chi connectivity index (χ1n) is 14.4. The number of hydrogen-bond donors (Lipinski definition) is 1. The van der Waals surface area contributed by atoms with Crippen LogP contribution in [0.5, 0.6) is 5.75 Å². The number of methoxy groups -OCH3 is 1. The molecule has 1 fully saturated rings. The Hall–Kier alpha value is -2.43. The Kier molecular flexibility index (Phi) is 7.93. The maximum atomic E-state index is 13.2. The van der Waals surface area contributed by atoms with Crippen LogP contribution in [0.15, 0.2) is 52.9 Å². The average Bonchev–Trinajstić information content (AvgIpc) is 3.06. The lowest BCUT2D eigenvalue weighted by atomic mass is 9.68. The number of hydrogen-bond acceptors (Lipinski definition) is 6. The van der Waals surface area contributed by atoms with Crippen molar-refractivity contribution < 1.29 is 22.7 Å². The van der Waals surface area contributed by atoms with Gasteiger partial charge >= 0.3 is 0 Å². The first-order valence-corrected chi connectivity index (χ1v) is 16.3. The minimum Gasteiger partial charge on any atom is -0.490 e. The van der Waals surface area contributed by atoms with E-state index in [2.05, 4.69) is 27.5 Å². The predicted molar refractivity (Wildman–Crippen MR) is 161 cm³/mol. The summed E-state index contributed by atoms with van der Waals surface area (Å²) in [5.74, 6) is 0.819. The monoisotopic (exact) mass is 599 g/mol. The zero-order valence-corrected chi connectivity index (χ0v) is 25.2. The van der Waals surface area contributed by atoms with Crippen LogP contribution in [-0.2, 0) is 31.0 Å². The zero-order chi connectivity index (χ0) is 28.8. The molecule has 1 amide bonds. The van der Waals surface area contributed by atoms with Crippen molar-refractivity contribution in [2.75, 3.05) is 31.7 Å². The molecule has 41 heavy (non-hydrogen) atoms. The minimum atomic E-state index is -3.68. The molecule has 8 nitrogen and oxygen atoms in total. The van der Waals surface area contributed by atoms with Gasteiger partial charge in [0.1, 0.15) is 5.75 Å². The molecule has 2 N–H and O–H groups in total. The first kappa shape index (κ1) is 28.7. The number of nitrogens with zero attached hydrogens (tertiary/aromatic N) is 2. The number of carbonyl (C=O) groups is 1. The topological polar surface area (TPSA) is 103 Å². The molecule has 4 aliphatic rings. The summed E-state index contributed by atoms with van der Waals surface area (Å²) in [6, 6.07) is 11.5. The van der Waals surface area contributed by atoms with Crippen LogP contribution in [0.1, 0.15) is 60.5 Å². The highest BCUT2D eigenvalue weighted by Gasteiger charge is 2.44. The van der Waals surface area contributed by atoms with Crippen LogP contribution in [0.25, 0.3) is 0 Å². The van der Waals surface area contributed by atoms with Crippen LogP contribution in [-0.4, -0.2) is 49.1 Å². The normalized spacial score (nSPS) is 34.3. The summed E-state index contributed by atoms with van der Waals surface area (Å²) < 4.78 is 34.7. The molecule has 0 radical (unpaired) electrons. The van der Waals surface area contributed by atoms with Crippen molar-refractivity contribution in [3.05, 3.63) is 70.3 Å². The van der Waals surface area contributed by atoms with E-state index in [4.69, 9.17) is 30.4 Å². The van der Waals surface area contributed by atoms with E-state index in [0.29, 0.717) is 30.4 Å². The molecule has 220 valence electrons. The lowest BCUT2D eigenvalue weighted by Gasteiger charge is -2.46. The highest BCUT2D eigenvalue weighted by Crippen LogP contribution is 2.47. The third kappa shape index (κ3) is 5.79. The number of anilines is 1. The smallest absolute Gasteiger partial charge is 0.287 e. The van der Waals surface area contributed by atoms with E-state index in [1.807, 2.05) is 18.2 Å². The molecule has 6 rings (SSSR count). The lowest BCUT2D eigenvalue weighted by molar-refractivity contribution is 0.0131. The number of benzene rings is 2. The maximum absolute atomic E-state index is 13.2. The van der Waals surface area contributed by atoms with Crippen LogP contribution in [0.3, 0.4) is 0 Å². The number of nitrogens with two attached hydrogens (primary N) is 1. The molecule has 1 saturated carbocycles. The summed E-state index contributed by atoms with van der Waals surface area (Å²) in [7, 11) is -1.93. The fourth-order valence-corrected chi connectivity index (χ4v) is 8.17.